The van der Waals surface area contributed by atoms with Crippen LogP contribution in [-0.4, -0.2) is 18.6 Å². The Morgan fingerprint density at radius 1 is 1.21 bits per heavy atom. The van der Waals surface area contributed by atoms with Crippen LogP contribution in [0.2, 0.25) is 0 Å². The minimum absolute atomic E-state index is 0.542. The Kier molecular flexibility index (Phi) is 3.90. The van der Waals surface area contributed by atoms with E-state index in [4.69, 9.17) is 14.9 Å². The quantitative estimate of drug-likeness (QED) is 0.918. The third-order valence-corrected chi connectivity index (χ3v) is 3.20. The molecule has 0 aliphatic rings. The zero-order valence-electron chi connectivity index (χ0n) is 11.9. The Bertz CT molecular complexity index is 588. The normalized spacial score (nSPS) is 10.8. The number of hydrogen-bond donors (Lipinski definition) is 1. The zero-order valence-corrected chi connectivity index (χ0v) is 11.9. The van der Waals surface area contributed by atoms with Crippen LogP contribution in [0.5, 0.6) is 5.75 Å². The van der Waals surface area contributed by atoms with Crippen LogP contribution >= 0.6 is 0 Å². The molecule has 1 aromatic carbocycles. The van der Waals surface area contributed by atoms with Gasteiger partial charge in [0.2, 0.25) is 0 Å². The maximum Gasteiger partial charge on any atom is 0.196 e. The summed E-state index contributed by atoms with van der Waals surface area (Å²) in [4.78, 5) is 4.54. The van der Waals surface area contributed by atoms with Crippen LogP contribution in [0.15, 0.2) is 16.5 Å². The van der Waals surface area contributed by atoms with E-state index in [9.17, 15) is 0 Å². The van der Waals surface area contributed by atoms with Gasteiger partial charge in [0.25, 0.3) is 0 Å². The molecule has 0 fully saturated rings. The zero-order chi connectivity index (χ0) is 14.0. The fraction of sp³-hybridized carbons (Fsp3) is 0.400. The van der Waals surface area contributed by atoms with Gasteiger partial charge in [0.15, 0.2) is 5.89 Å². The molecule has 102 valence electrons. The largest absolute Gasteiger partial charge is 0.496 e. The van der Waals surface area contributed by atoms with Crippen molar-refractivity contribution in [3.63, 3.8) is 0 Å². The summed E-state index contributed by atoms with van der Waals surface area (Å²) in [6, 6.07) is 4.12. The molecule has 19 heavy (non-hydrogen) atoms. The molecule has 0 spiro atoms. The maximum atomic E-state index is 5.64. The highest BCUT2D eigenvalue weighted by atomic mass is 16.5. The highest BCUT2D eigenvalue weighted by Crippen LogP contribution is 2.31. The molecular formula is C15H20N2O2. The van der Waals surface area contributed by atoms with Gasteiger partial charge in [-0.05, 0) is 44.0 Å². The van der Waals surface area contributed by atoms with Gasteiger partial charge in [-0.25, -0.2) is 4.98 Å². The van der Waals surface area contributed by atoms with E-state index < -0.39 is 0 Å². The fourth-order valence-corrected chi connectivity index (χ4v) is 2.20. The summed E-state index contributed by atoms with van der Waals surface area (Å²) >= 11 is 0. The van der Waals surface area contributed by atoms with Crippen LogP contribution in [0.4, 0.5) is 0 Å². The molecule has 0 saturated carbocycles. The lowest BCUT2D eigenvalue weighted by Gasteiger charge is -2.09. The van der Waals surface area contributed by atoms with Crippen LogP contribution in [0.3, 0.4) is 0 Å². The Hall–Kier alpha value is -1.81. The van der Waals surface area contributed by atoms with E-state index in [1.54, 1.807) is 7.11 Å². The summed E-state index contributed by atoms with van der Waals surface area (Å²) in [7, 11) is 1.68. The number of oxazole rings is 1. The molecule has 1 aromatic heterocycles. The lowest BCUT2D eigenvalue weighted by molar-refractivity contribution is 0.411. The molecule has 2 N–H and O–H groups in total. The SMILES string of the molecule is COc1cc(C)c(-c2nc(CCN)oc2C)cc1C. The second-order valence-corrected chi connectivity index (χ2v) is 4.69. The van der Waals surface area contributed by atoms with Crippen LogP contribution < -0.4 is 10.5 Å². The number of aromatic nitrogens is 1. The maximum absolute atomic E-state index is 5.64. The van der Waals surface area contributed by atoms with Crippen LogP contribution in [0, 0.1) is 20.8 Å². The topological polar surface area (TPSA) is 61.3 Å². The standard InChI is InChI=1S/C15H20N2O2/c1-9-8-13(18-4)10(2)7-12(9)15-11(3)19-14(17-15)5-6-16/h7-8H,5-6,16H2,1-4H3. The third kappa shape index (κ3) is 2.63. The van der Waals surface area contributed by atoms with Crippen molar-refractivity contribution in [3.05, 3.63) is 34.9 Å². The number of nitrogens with zero attached hydrogens (tertiary/aromatic N) is 1. The summed E-state index contributed by atoms with van der Waals surface area (Å²) < 4.78 is 11.0. The first-order valence-electron chi connectivity index (χ1n) is 6.38. The number of methoxy groups -OCH3 is 1. The molecule has 0 saturated heterocycles. The summed E-state index contributed by atoms with van der Waals surface area (Å²) in [5.41, 5.74) is 9.73. The Morgan fingerprint density at radius 2 is 1.95 bits per heavy atom. The molecule has 0 atom stereocenters. The summed E-state index contributed by atoms with van der Waals surface area (Å²) in [5, 5.41) is 0. The Labute approximate surface area is 113 Å². The molecule has 0 aliphatic carbocycles. The van der Waals surface area contributed by atoms with Crippen molar-refractivity contribution in [1.29, 1.82) is 0 Å². The van der Waals surface area contributed by atoms with Gasteiger partial charge < -0.3 is 14.9 Å². The van der Waals surface area contributed by atoms with Crippen molar-refractivity contribution >= 4 is 0 Å². The molecule has 2 aromatic rings. The minimum Gasteiger partial charge on any atom is -0.496 e. The average Bonchev–Trinajstić information content (AvgIpc) is 2.73. The molecule has 0 unspecified atom stereocenters. The van der Waals surface area contributed by atoms with E-state index in [1.165, 1.54) is 0 Å². The molecule has 0 aliphatic heterocycles. The molecule has 0 amide bonds. The number of rotatable bonds is 4. The van der Waals surface area contributed by atoms with E-state index in [2.05, 4.69) is 11.1 Å². The van der Waals surface area contributed by atoms with Crippen molar-refractivity contribution in [1.82, 2.24) is 4.98 Å². The van der Waals surface area contributed by atoms with Gasteiger partial charge >= 0.3 is 0 Å². The van der Waals surface area contributed by atoms with Gasteiger partial charge in [0, 0.05) is 18.5 Å². The van der Waals surface area contributed by atoms with Gasteiger partial charge in [-0.2, -0.15) is 0 Å². The highest BCUT2D eigenvalue weighted by molar-refractivity contribution is 5.67. The van der Waals surface area contributed by atoms with Crippen LogP contribution in [-0.2, 0) is 6.42 Å². The van der Waals surface area contributed by atoms with Gasteiger partial charge in [0.1, 0.15) is 17.2 Å². The molecule has 4 nitrogen and oxygen atoms in total. The predicted octanol–water partition coefficient (Wildman–Crippen LogP) is 2.78. The molecule has 1 heterocycles. The predicted molar refractivity (Wildman–Crippen MR) is 75.5 cm³/mol. The summed E-state index contributed by atoms with van der Waals surface area (Å²) in [6.07, 6.45) is 0.662. The second kappa shape index (κ2) is 5.45. The van der Waals surface area contributed by atoms with Crippen molar-refractivity contribution in [2.75, 3.05) is 13.7 Å². The van der Waals surface area contributed by atoms with Gasteiger partial charge in [0.05, 0.1) is 7.11 Å². The van der Waals surface area contributed by atoms with Crippen molar-refractivity contribution in [2.45, 2.75) is 27.2 Å². The van der Waals surface area contributed by atoms with Crippen molar-refractivity contribution in [3.8, 4) is 17.0 Å². The van der Waals surface area contributed by atoms with E-state index >= 15 is 0 Å². The summed E-state index contributed by atoms with van der Waals surface area (Å²) in [6.45, 7) is 6.55. The number of hydrogen-bond acceptors (Lipinski definition) is 4. The van der Waals surface area contributed by atoms with Crippen LogP contribution in [0.25, 0.3) is 11.3 Å². The second-order valence-electron chi connectivity index (χ2n) is 4.69. The monoisotopic (exact) mass is 260 g/mol. The first-order valence-corrected chi connectivity index (χ1v) is 6.38. The third-order valence-electron chi connectivity index (χ3n) is 3.20. The van der Waals surface area contributed by atoms with Gasteiger partial charge in [-0.3, -0.25) is 0 Å². The average molecular weight is 260 g/mol. The lowest BCUT2D eigenvalue weighted by Crippen LogP contribution is -2.02. The first kappa shape index (κ1) is 13.6. The fourth-order valence-electron chi connectivity index (χ4n) is 2.20. The van der Waals surface area contributed by atoms with Crippen molar-refractivity contribution in [2.24, 2.45) is 5.73 Å². The van der Waals surface area contributed by atoms with Gasteiger partial charge in [-0.15, -0.1) is 0 Å². The Balaban J connectivity index is 2.49. The molecule has 0 bridgehead atoms. The number of nitrogens with two attached hydrogens (primary N) is 1. The number of aryl methyl sites for hydroxylation is 3. The Morgan fingerprint density at radius 3 is 2.58 bits per heavy atom. The summed E-state index contributed by atoms with van der Waals surface area (Å²) in [5.74, 6) is 2.42. The van der Waals surface area contributed by atoms with E-state index in [0.717, 1.165) is 33.9 Å². The van der Waals surface area contributed by atoms with Crippen LogP contribution in [0.1, 0.15) is 22.8 Å². The van der Waals surface area contributed by atoms with E-state index in [1.807, 2.05) is 26.8 Å². The van der Waals surface area contributed by atoms with Crippen molar-refractivity contribution < 1.29 is 9.15 Å². The first-order chi connectivity index (χ1) is 9.06. The molecule has 4 heteroatoms. The lowest BCUT2D eigenvalue weighted by atomic mass is 10.0. The minimum atomic E-state index is 0.542. The van der Waals surface area contributed by atoms with Gasteiger partial charge in [-0.1, -0.05) is 0 Å². The molecule has 0 radical (unpaired) electrons. The molecular weight excluding hydrogens is 240 g/mol. The van der Waals surface area contributed by atoms with E-state index in [-0.39, 0.29) is 0 Å². The number of ether oxygens (including phenoxy) is 1. The molecule has 2 rings (SSSR count). The highest BCUT2D eigenvalue weighted by Gasteiger charge is 2.15. The van der Waals surface area contributed by atoms with E-state index in [0.29, 0.717) is 18.9 Å². The number of benzene rings is 1. The smallest absolute Gasteiger partial charge is 0.196 e.